The standard InChI is InChI=1S/C12H16N4O/c1-3-8-5-13-11-10(4-2)15-16(12(11)14-8)9-6-17-7-9/h5,9H,3-4,6-7H2,1-2H3. The summed E-state index contributed by atoms with van der Waals surface area (Å²) in [7, 11) is 0. The number of rotatable bonds is 3. The Balaban J connectivity index is 2.18. The van der Waals surface area contributed by atoms with Crippen molar-refractivity contribution in [3.8, 4) is 0 Å². The molecule has 0 aliphatic carbocycles. The van der Waals surface area contributed by atoms with Crippen LogP contribution in [0.4, 0.5) is 0 Å². The Morgan fingerprint density at radius 3 is 2.76 bits per heavy atom. The molecule has 0 N–H and O–H groups in total. The largest absolute Gasteiger partial charge is 0.377 e. The lowest BCUT2D eigenvalue weighted by Crippen LogP contribution is -2.31. The van der Waals surface area contributed by atoms with Gasteiger partial charge in [0.05, 0.1) is 24.6 Å². The van der Waals surface area contributed by atoms with Crippen molar-refractivity contribution in [2.75, 3.05) is 13.2 Å². The van der Waals surface area contributed by atoms with Gasteiger partial charge in [0.1, 0.15) is 11.6 Å². The van der Waals surface area contributed by atoms with E-state index < -0.39 is 0 Å². The minimum absolute atomic E-state index is 0.333. The Labute approximate surface area is 99.8 Å². The molecule has 0 amide bonds. The van der Waals surface area contributed by atoms with Crippen LogP contribution in [0, 0.1) is 0 Å². The summed E-state index contributed by atoms with van der Waals surface area (Å²) in [6.07, 6.45) is 3.64. The molecule has 0 saturated carbocycles. The van der Waals surface area contributed by atoms with Crippen LogP contribution in [0.5, 0.6) is 0 Å². The van der Waals surface area contributed by atoms with Gasteiger partial charge in [-0.05, 0) is 12.8 Å². The molecule has 0 aromatic carbocycles. The molecule has 1 fully saturated rings. The third-order valence-corrected chi connectivity index (χ3v) is 3.19. The van der Waals surface area contributed by atoms with Gasteiger partial charge in [-0.15, -0.1) is 0 Å². The van der Waals surface area contributed by atoms with Gasteiger partial charge in [-0.1, -0.05) is 13.8 Å². The predicted octanol–water partition coefficient (Wildman–Crippen LogP) is 1.52. The van der Waals surface area contributed by atoms with Gasteiger partial charge in [0.25, 0.3) is 0 Å². The summed E-state index contributed by atoms with van der Waals surface area (Å²) < 4.78 is 7.22. The van der Waals surface area contributed by atoms with Gasteiger partial charge >= 0.3 is 0 Å². The van der Waals surface area contributed by atoms with Crippen molar-refractivity contribution in [3.63, 3.8) is 0 Å². The quantitative estimate of drug-likeness (QED) is 0.805. The van der Waals surface area contributed by atoms with Crippen LogP contribution in [0.25, 0.3) is 11.2 Å². The Kier molecular flexibility index (Phi) is 2.55. The van der Waals surface area contributed by atoms with Crippen molar-refractivity contribution in [3.05, 3.63) is 17.6 Å². The Morgan fingerprint density at radius 2 is 2.18 bits per heavy atom. The molecule has 1 aliphatic rings. The highest BCUT2D eigenvalue weighted by molar-refractivity contribution is 5.73. The first-order chi connectivity index (χ1) is 8.33. The summed E-state index contributed by atoms with van der Waals surface area (Å²) in [5.41, 5.74) is 3.90. The van der Waals surface area contributed by atoms with Gasteiger partial charge in [0.15, 0.2) is 5.65 Å². The van der Waals surface area contributed by atoms with Crippen molar-refractivity contribution in [2.45, 2.75) is 32.7 Å². The van der Waals surface area contributed by atoms with E-state index in [9.17, 15) is 0 Å². The molecule has 0 atom stereocenters. The van der Waals surface area contributed by atoms with Crippen molar-refractivity contribution < 1.29 is 4.74 Å². The summed E-state index contributed by atoms with van der Waals surface area (Å²) in [6.45, 7) is 5.65. The second-order valence-electron chi connectivity index (χ2n) is 4.32. The summed E-state index contributed by atoms with van der Waals surface area (Å²) in [5.74, 6) is 0. The van der Waals surface area contributed by atoms with Crippen molar-refractivity contribution in [2.24, 2.45) is 0 Å². The molecule has 1 aliphatic heterocycles. The highest BCUT2D eigenvalue weighted by atomic mass is 16.5. The Morgan fingerprint density at radius 1 is 1.35 bits per heavy atom. The molecule has 0 unspecified atom stereocenters. The van der Waals surface area contributed by atoms with Gasteiger partial charge in [0, 0.05) is 6.20 Å². The van der Waals surface area contributed by atoms with Crippen LogP contribution in [-0.4, -0.2) is 33.0 Å². The topological polar surface area (TPSA) is 52.8 Å². The van der Waals surface area contributed by atoms with E-state index in [1.165, 1.54) is 0 Å². The zero-order chi connectivity index (χ0) is 11.8. The molecule has 2 aromatic heterocycles. The van der Waals surface area contributed by atoms with Crippen molar-refractivity contribution >= 4 is 11.2 Å². The van der Waals surface area contributed by atoms with E-state index in [2.05, 4.69) is 28.9 Å². The summed E-state index contributed by atoms with van der Waals surface area (Å²) >= 11 is 0. The summed E-state index contributed by atoms with van der Waals surface area (Å²) in [6, 6.07) is 0.333. The van der Waals surface area contributed by atoms with Gasteiger partial charge in [-0.3, -0.25) is 0 Å². The molecule has 90 valence electrons. The SMILES string of the molecule is CCc1cnc2c(CC)nn(C3COC3)c2n1. The third-order valence-electron chi connectivity index (χ3n) is 3.19. The van der Waals surface area contributed by atoms with E-state index >= 15 is 0 Å². The summed E-state index contributed by atoms with van der Waals surface area (Å²) in [4.78, 5) is 9.15. The van der Waals surface area contributed by atoms with E-state index in [-0.39, 0.29) is 0 Å². The van der Waals surface area contributed by atoms with Gasteiger partial charge in [-0.2, -0.15) is 5.10 Å². The predicted molar refractivity (Wildman–Crippen MR) is 63.9 cm³/mol. The molecule has 3 heterocycles. The monoisotopic (exact) mass is 232 g/mol. The van der Waals surface area contributed by atoms with Crippen molar-refractivity contribution in [1.29, 1.82) is 0 Å². The fraction of sp³-hybridized carbons (Fsp3) is 0.583. The molecule has 5 heteroatoms. The lowest BCUT2D eigenvalue weighted by Gasteiger charge is -2.26. The molecule has 0 radical (unpaired) electrons. The van der Waals surface area contributed by atoms with Crippen LogP contribution in [0.2, 0.25) is 0 Å². The average molecular weight is 232 g/mol. The zero-order valence-electron chi connectivity index (χ0n) is 10.2. The fourth-order valence-electron chi connectivity index (χ4n) is 2.03. The van der Waals surface area contributed by atoms with Gasteiger partial charge < -0.3 is 4.74 Å². The number of aromatic nitrogens is 4. The van der Waals surface area contributed by atoms with Crippen LogP contribution in [0.3, 0.4) is 0 Å². The second kappa shape index (κ2) is 4.07. The normalized spacial score (nSPS) is 16.4. The number of hydrogen-bond donors (Lipinski definition) is 0. The zero-order valence-corrected chi connectivity index (χ0v) is 10.2. The Hall–Kier alpha value is -1.49. The average Bonchev–Trinajstić information content (AvgIpc) is 2.65. The molecule has 0 bridgehead atoms. The van der Waals surface area contributed by atoms with Crippen LogP contribution in [0.15, 0.2) is 6.20 Å². The van der Waals surface area contributed by atoms with E-state index in [0.29, 0.717) is 6.04 Å². The lowest BCUT2D eigenvalue weighted by molar-refractivity contribution is -0.0270. The Bertz CT molecular complexity index is 545. The molecule has 1 saturated heterocycles. The van der Waals surface area contributed by atoms with Gasteiger partial charge in [0.2, 0.25) is 0 Å². The smallest absolute Gasteiger partial charge is 0.177 e. The van der Waals surface area contributed by atoms with E-state index in [0.717, 1.165) is 48.6 Å². The fourth-order valence-corrected chi connectivity index (χ4v) is 2.03. The second-order valence-corrected chi connectivity index (χ2v) is 4.32. The lowest BCUT2D eigenvalue weighted by atomic mass is 10.2. The molecular weight excluding hydrogens is 216 g/mol. The number of ether oxygens (including phenoxy) is 1. The number of nitrogens with zero attached hydrogens (tertiary/aromatic N) is 4. The molecule has 0 spiro atoms. The van der Waals surface area contributed by atoms with Crippen molar-refractivity contribution in [1.82, 2.24) is 19.7 Å². The first kappa shape index (κ1) is 10.7. The maximum absolute atomic E-state index is 5.23. The van der Waals surface area contributed by atoms with Crippen LogP contribution in [-0.2, 0) is 17.6 Å². The molecule has 3 rings (SSSR count). The molecule has 2 aromatic rings. The van der Waals surface area contributed by atoms with E-state index in [4.69, 9.17) is 4.74 Å². The maximum atomic E-state index is 5.23. The van der Waals surface area contributed by atoms with Crippen LogP contribution in [0.1, 0.15) is 31.3 Å². The highest BCUT2D eigenvalue weighted by Gasteiger charge is 2.25. The number of hydrogen-bond acceptors (Lipinski definition) is 4. The minimum Gasteiger partial charge on any atom is -0.377 e. The number of aryl methyl sites for hydroxylation is 2. The third kappa shape index (κ3) is 1.61. The minimum atomic E-state index is 0.333. The van der Waals surface area contributed by atoms with E-state index in [1.54, 1.807) is 0 Å². The molecule has 17 heavy (non-hydrogen) atoms. The maximum Gasteiger partial charge on any atom is 0.177 e. The first-order valence-electron chi connectivity index (χ1n) is 6.14. The number of fused-ring (bicyclic) bond motifs is 1. The molecule has 5 nitrogen and oxygen atoms in total. The van der Waals surface area contributed by atoms with E-state index in [1.807, 2.05) is 10.9 Å². The molecular formula is C12H16N4O. The summed E-state index contributed by atoms with van der Waals surface area (Å²) in [5, 5.41) is 4.62. The van der Waals surface area contributed by atoms with Gasteiger partial charge in [-0.25, -0.2) is 14.6 Å². The van der Waals surface area contributed by atoms with Crippen LogP contribution >= 0.6 is 0 Å². The highest BCUT2D eigenvalue weighted by Crippen LogP contribution is 2.23. The first-order valence-corrected chi connectivity index (χ1v) is 6.14. The van der Waals surface area contributed by atoms with Crippen LogP contribution < -0.4 is 0 Å².